The Balaban J connectivity index is 1.82. The number of anilines is 2. The molecule has 2 aliphatic heterocycles. The number of fused-ring (bicyclic) bond motifs is 1. The highest BCUT2D eigenvalue weighted by molar-refractivity contribution is 5.66. The van der Waals surface area contributed by atoms with E-state index in [1.807, 2.05) is 0 Å². The average molecular weight is 264 g/mol. The number of hydrogen-bond donors (Lipinski definition) is 1. The molecule has 1 unspecified atom stereocenters. The summed E-state index contributed by atoms with van der Waals surface area (Å²) in [6.45, 7) is 3.19. The molecule has 0 saturated carbocycles. The minimum absolute atomic E-state index is 0.679. The summed E-state index contributed by atoms with van der Waals surface area (Å²) in [4.78, 5) is 2.38. The second-order valence-electron chi connectivity index (χ2n) is 6.87. The molecular weight excluding hydrogens is 238 g/mol. The number of nitrogens with zero attached hydrogens (tertiary/aromatic N) is 4. The highest BCUT2D eigenvalue weighted by Crippen LogP contribution is 2.32. The number of nitrogen functional groups attached to an aromatic ring is 1. The summed E-state index contributed by atoms with van der Waals surface area (Å²) in [5, 5.41) is 4.76. The molecule has 1 saturated heterocycles. The average Bonchev–Trinajstić information content (AvgIpc) is 2.94. The Morgan fingerprint density at radius 1 is 1.21 bits per heavy atom. The van der Waals surface area contributed by atoms with Gasteiger partial charge in [-0.05, 0) is 19.3 Å². The molecule has 0 bridgehead atoms. The van der Waals surface area contributed by atoms with E-state index in [-0.39, 0.29) is 0 Å². The van der Waals surface area contributed by atoms with Crippen LogP contribution in [0.1, 0.15) is 25.0 Å². The van der Waals surface area contributed by atoms with Crippen LogP contribution in [-0.2, 0) is 13.0 Å². The molecule has 0 amide bonds. The van der Waals surface area contributed by atoms with Crippen LogP contribution in [0.25, 0.3) is 0 Å². The van der Waals surface area contributed by atoms with Crippen molar-refractivity contribution in [2.45, 2.75) is 38.3 Å². The van der Waals surface area contributed by atoms with Gasteiger partial charge in [0, 0.05) is 19.5 Å². The monoisotopic (exact) mass is 264 g/mol. The van der Waals surface area contributed by atoms with Crippen molar-refractivity contribution in [2.75, 3.05) is 44.9 Å². The van der Waals surface area contributed by atoms with Gasteiger partial charge in [-0.1, -0.05) is 0 Å². The summed E-state index contributed by atoms with van der Waals surface area (Å²) >= 11 is 0. The highest BCUT2D eigenvalue weighted by Gasteiger charge is 2.34. The fourth-order valence-corrected chi connectivity index (χ4v) is 3.30. The van der Waals surface area contributed by atoms with Gasteiger partial charge in [0.05, 0.1) is 39.1 Å². The summed E-state index contributed by atoms with van der Waals surface area (Å²) in [5.41, 5.74) is 8.52. The van der Waals surface area contributed by atoms with Crippen molar-refractivity contribution in [1.82, 2.24) is 9.78 Å². The van der Waals surface area contributed by atoms with Crippen molar-refractivity contribution in [3.8, 4) is 0 Å². The number of aromatic nitrogens is 2. The van der Waals surface area contributed by atoms with Crippen LogP contribution < -0.4 is 10.6 Å². The zero-order valence-electron chi connectivity index (χ0n) is 12.4. The number of aryl methyl sites for hydroxylation is 1. The van der Waals surface area contributed by atoms with E-state index in [2.05, 4.69) is 30.7 Å². The lowest BCUT2D eigenvalue weighted by atomic mass is 10.1. The summed E-state index contributed by atoms with van der Waals surface area (Å²) in [7, 11) is 6.82. The van der Waals surface area contributed by atoms with Crippen LogP contribution in [0.2, 0.25) is 0 Å². The minimum Gasteiger partial charge on any atom is -0.394 e. The predicted octanol–water partition coefficient (Wildman–Crippen LogP) is 1.09. The molecule has 2 aliphatic rings. The van der Waals surface area contributed by atoms with Gasteiger partial charge in [-0.15, -0.1) is 0 Å². The first-order chi connectivity index (χ1) is 8.97. The van der Waals surface area contributed by atoms with E-state index in [0.29, 0.717) is 6.04 Å². The molecule has 0 aliphatic carbocycles. The van der Waals surface area contributed by atoms with Gasteiger partial charge in [-0.25, -0.2) is 0 Å². The third kappa shape index (κ3) is 2.20. The van der Waals surface area contributed by atoms with E-state index in [0.717, 1.165) is 42.0 Å². The molecule has 5 nitrogen and oxygen atoms in total. The molecule has 1 aromatic heterocycles. The van der Waals surface area contributed by atoms with Crippen LogP contribution >= 0.6 is 0 Å². The van der Waals surface area contributed by atoms with Crippen LogP contribution in [0, 0.1) is 0 Å². The largest absolute Gasteiger partial charge is 0.394 e. The van der Waals surface area contributed by atoms with Crippen LogP contribution in [-0.4, -0.2) is 54.5 Å². The zero-order valence-corrected chi connectivity index (χ0v) is 12.4. The van der Waals surface area contributed by atoms with Crippen molar-refractivity contribution >= 4 is 11.5 Å². The summed E-state index contributed by atoms with van der Waals surface area (Å²) in [5.74, 6) is 1.04. The Morgan fingerprint density at radius 3 is 2.63 bits per heavy atom. The van der Waals surface area contributed by atoms with Crippen molar-refractivity contribution < 1.29 is 4.48 Å². The fourth-order valence-electron chi connectivity index (χ4n) is 3.30. The fraction of sp³-hybridized carbons (Fsp3) is 0.786. The Kier molecular flexibility index (Phi) is 2.96. The van der Waals surface area contributed by atoms with Gasteiger partial charge in [-0.3, -0.25) is 4.68 Å². The first-order valence-electron chi connectivity index (χ1n) is 7.38. The van der Waals surface area contributed by atoms with E-state index in [1.54, 1.807) is 0 Å². The molecule has 3 rings (SSSR count). The molecule has 0 aromatic carbocycles. The van der Waals surface area contributed by atoms with E-state index < -0.39 is 0 Å². The Labute approximate surface area is 115 Å². The van der Waals surface area contributed by atoms with Gasteiger partial charge in [0.25, 0.3) is 0 Å². The van der Waals surface area contributed by atoms with Crippen molar-refractivity contribution in [3.05, 3.63) is 5.69 Å². The molecule has 106 valence electrons. The zero-order chi connectivity index (χ0) is 13.6. The van der Waals surface area contributed by atoms with Crippen LogP contribution in [0.3, 0.4) is 0 Å². The predicted molar refractivity (Wildman–Crippen MR) is 78.2 cm³/mol. The molecule has 2 N–H and O–H groups in total. The first kappa shape index (κ1) is 12.8. The van der Waals surface area contributed by atoms with Crippen LogP contribution in [0.5, 0.6) is 0 Å². The smallest absolute Gasteiger partial charge is 0.174 e. The third-order valence-electron chi connectivity index (χ3n) is 4.67. The standard InChI is InChI=1S/C14H26N5/c1-19(2,3)11-7-9-17(10-11)14-13(15)12-6-4-5-8-18(12)16-14/h11H,4-10,15H2,1-3H3/q+1. The lowest BCUT2D eigenvalue weighted by Crippen LogP contribution is -2.46. The molecule has 1 aromatic rings. The third-order valence-corrected chi connectivity index (χ3v) is 4.67. The number of quaternary nitrogens is 1. The van der Waals surface area contributed by atoms with Gasteiger partial charge in [-0.2, -0.15) is 5.10 Å². The van der Waals surface area contributed by atoms with E-state index in [1.165, 1.54) is 25.0 Å². The maximum Gasteiger partial charge on any atom is 0.174 e. The van der Waals surface area contributed by atoms with Gasteiger partial charge in [0.1, 0.15) is 6.04 Å². The van der Waals surface area contributed by atoms with Gasteiger partial charge in [0.15, 0.2) is 5.82 Å². The Bertz CT molecular complexity index is 471. The number of hydrogen-bond acceptors (Lipinski definition) is 3. The summed E-state index contributed by atoms with van der Waals surface area (Å²) < 4.78 is 3.15. The van der Waals surface area contributed by atoms with Crippen LogP contribution in [0.4, 0.5) is 11.5 Å². The molecule has 0 spiro atoms. The maximum absolute atomic E-state index is 6.33. The topological polar surface area (TPSA) is 47.1 Å². The summed E-state index contributed by atoms with van der Waals surface area (Å²) in [6, 6.07) is 0.679. The Hall–Kier alpha value is -1.23. The SMILES string of the molecule is C[N+](C)(C)C1CCN(c2nn3c(c2N)CCCC3)C1. The van der Waals surface area contributed by atoms with Crippen molar-refractivity contribution in [1.29, 1.82) is 0 Å². The lowest BCUT2D eigenvalue weighted by molar-refractivity contribution is -0.893. The molecule has 19 heavy (non-hydrogen) atoms. The van der Waals surface area contributed by atoms with E-state index in [9.17, 15) is 0 Å². The van der Waals surface area contributed by atoms with Gasteiger partial charge >= 0.3 is 0 Å². The number of rotatable bonds is 2. The normalized spacial score (nSPS) is 23.7. The van der Waals surface area contributed by atoms with E-state index >= 15 is 0 Å². The first-order valence-corrected chi connectivity index (χ1v) is 7.38. The molecular formula is C14H26N5+. The summed E-state index contributed by atoms with van der Waals surface area (Å²) in [6.07, 6.45) is 4.79. The number of nitrogens with two attached hydrogens (primary N) is 1. The highest BCUT2D eigenvalue weighted by atomic mass is 15.4. The van der Waals surface area contributed by atoms with Gasteiger partial charge in [0.2, 0.25) is 0 Å². The molecule has 3 heterocycles. The minimum atomic E-state index is 0.679. The second-order valence-corrected chi connectivity index (χ2v) is 6.87. The Morgan fingerprint density at radius 2 is 2.00 bits per heavy atom. The molecule has 1 fully saturated rings. The van der Waals surface area contributed by atoms with Gasteiger partial charge < -0.3 is 15.1 Å². The van der Waals surface area contributed by atoms with Crippen LogP contribution in [0.15, 0.2) is 0 Å². The van der Waals surface area contributed by atoms with Crippen molar-refractivity contribution in [2.24, 2.45) is 0 Å². The molecule has 5 heteroatoms. The lowest BCUT2D eigenvalue weighted by Gasteiger charge is -2.31. The number of likely N-dealkylation sites (N-methyl/N-ethyl adjacent to an activating group) is 1. The quantitative estimate of drug-likeness (QED) is 0.813. The maximum atomic E-state index is 6.33. The molecule has 0 radical (unpaired) electrons. The molecule has 1 atom stereocenters. The van der Waals surface area contributed by atoms with E-state index in [4.69, 9.17) is 10.8 Å². The second kappa shape index (κ2) is 4.40. The van der Waals surface area contributed by atoms with Crippen molar-refractivity contribution in [3.63, 3.8) is 0 Å².